The average molecular weight is 281 g/mol. The van der Waals surface area contributed by atoms with Crippen LogP contribution in [-0.4, -0.2) is 61.7 Å². The highest BCUT2D eigenvalue weighted by molar-refractivity contribution is 4.87. The fourth-order valence-electron chi connectivity index (χ4n) is 4.11. The Hall–Kier alpha value is -0.120. The van der Waals surface area contributed by atoms with Crippen LogP contribution in [0.3, 0.4) is 0 Å². The molecule has 1 heterocycles. The van der Waals surface area contributed by atoms with E-state index in [9.17, 15) is 0 Å². The molecular formula is C17H35N3. The predicted molar refractivity (Wildman–Crippen MR) is 87.1 cm³/mol. The van der Waals surface area contributed by atoms with Crippen LogP contribution in [0.5, 0.6) is 0 Å². The number of hydrogen-bond donors (Lipinski definition) is 1. The van der Waals surface area contributed by atoms with Gasteiger partial charge in [-0.25, -0.2) is 0 Å². The van der Waals surface area contributed by atoms with Crippen LogP contribution in [0, 0.1) is 11.8 Å². The Morgan fingerprint density at radius 1 is 1.10 bits per heavy atom. The molecular weight excluding hydrogens is 246 g/mol. The van der Waals surface area contributed by atoms with Crippen LogP contribution >= 0.6 is 0 Å². The lowest BCUT2D eigenvalue weighted by molar-refractivity contribution is 0.0762. The van der Waals surface area contributed by atoms with Crippen molar-refractivity contribution in [3.8, 4) is 0 Å². The van der Waals surface area contributed by atoms with Crippen LogP contribution < -0.4 is 5.32 Å². The van der Waals surface area contributed by atoms with E-state index in [0.29, 0.717) is 6.04 Å². The minimum absolute atomic E-state index is 0.710. The maximum absolute atomic E-state index is 3.58. The van der Waals surface area contributed by atoms with Gasteiger partial charge in [0.1, 0.15) is 0 Å². The zero-order chi connectivity index (χ0) is 14.5. The van der Waals surface area contributed by atoms with E-state index in [2.05, 4.69) is 42.9 Å². The minimum Gasteiger partial charge on any atom is -0.317 e. The molecule has 1 aliphatic carbocycles. The summed E-state index contributed by atoms with van der Waals surface area (Å²) in [7, 11) is 2.15. The summed E-state index contributed by atoms with van der Waals surface area (Å²) < 4.78 is 0. The summed E-state index contributed by atoms with van der Waals surface area (Å²) in [5.74, 6) is 1.84. The van der Waals surface area contributed by atoms with Crippen LogP contribution in [0.2, 0.25) is 0 Å². The van der Waals surface area contributed by atoms with E-state index in [1.165, 1.54) is 58.4 Å². The lowest BCUT2D eigenvalue weighted by atomic mass is 9.76. The predicted octanol–water partition coefficient (Wildman–Crippen LogP) is 2.43. The van der Waals surface area contributed by atoms with E-state index in [1.807, 2.05) is 0 Å². The Morgan fingerprint density at radius 3 is 2.35 bits per heavy atom. The third-order valence-corrected chi connectivity index (χ3v) is 5.67. The summed E-state index contributed by atoms with van der Waals surface area (Å²) in [4.78, 5) is 5.33. The molecule has 20 heavy (non-hydrogen) atoms. The van der Waals surface area contributed by atoms with Crippen molar-refractivity contribution in [2.75, 3.05) is 39.8 Å². The van der Waals surface area contributed by atoms with Crippen molar-refractivity contribution < 1.29 is 0 Å². The highest BCUT2D eigenvalue weighted by Crippen LogP contribution is 2.32. The van der Waals surface area contributed by atoms with Crippen molar-refractivity contribution in [2.45, 2.75) is 58.5 Å². The van der Waals surface area contributed by atoms with Gasteiger partial charge in [0.05, 0.1) is 0 Å². The quantitative estimate of drug-likeness (QED) is 0.835. The Kier molecular flexibility index (Phi) is 6.31. The number of nitrogens with one attached hydrogen (secondary N) is 1. The summed E-state index contributed by atoms with van der Waals surface area (Å²) >= 11 is 0. The van der Waals surface area contributed by atoms with Crippen molar-refractivity contribution in [2.24, 2.45) is 11.8 Å². The van der Waals surface area contributed by atoms with Gasteiger partial charge in [0.25, 0.3) is 0 Å². The van der Waals surface area contributed by atoms with E-state index in [1.54, 1.807) is 0 Å². The topological polar surface area (TPSA) is 18.5 Å². The second-order valence-electron chi connectivity index (χ2n) is 7.17. The van der Waals surface area contributed by atoms with E-state index < -0.39 is 0 Å². The molecule has 118 valence electrons. The summed E-state index contributed by atoms with van der Waals surface area (Å²) in [5, 5.41) is 3.58. The van der Waals surface area contributed by atoms with Gasteiger partial charge in [-0.1, -0.05) is 13.3 Å². The highest BCUT2D eigenvalue weighted by atomic mass is 15.3. The highest BCUT2D eigenvalue weighted by Gasteiger charge is 2.31. The summed E-state index contributed by atoms with van der Waals surface area (Å²) in [6.45, 7) is 13.4. The van der Waals surface area contributed by atoms with Crippen LogP contribution in [-0.2, 0) is 0 Å². The molecule has 1 N–H and O–H groups in total. The van der Waals surface area contributed by atoms with Crippen molar-refractivity contribution in [3.63, 3.8) is 0 Å². The molecule has 3 unspecified atom stereocenters. The van der Waals surface area contributed by atoms with Crippen LogP contribution in [0.1, 0.15) is 46.5 Å². The second kappa shape index (κ2) is 7.77. The molecule has 0 aromatic carbocycles. The number of hydrogen-bond acceptors (Lipinski definition) is 3. The molecule has 3 nitrogen and oxygen atoms in total. The third-order valence-electron chi connectivity index (χ3n) is 5.67. The zero-order valence-electron chi connectivity index (χ0n) is 14.1. The molecule has 0 aromatic rings. The van der Waals surface area contributed by atoms with Crippen LogP contribution in [0.15, 0.2) is 0 Å². The summed E-state index contributed by atoms with van der Waals surface area (Å²) in [5.41, 5.74) is 0. The molecule has 1 saturated carbocycles. The molecule has 2 fully saturated rings. The maximum atomic E-state index is 3.58. The molecule has 0 radical (unpaired) electrons. The molecule has 3 atom stereocenters. The Labute approximate surface area is 126 Å². The SMILES string of the molecule is CCC1CCC(NC)C(CN2CCN(C(C)C)CC2)C1. The maximum Gasteiger partial charge on any atom is 0.0113 e. The monoisotopic (exact) mass is 281 g/mol. The third kappa shape index (κ3) is 4.19. The first kappa shape index (κ1) is 16.3. The molecule has 2 rings (SSSR count). The fourth-order valence-corrected chi connectivity index (χ4v) is 4.11. The van der Waals surface area contributed by atoms with Crippen LogP contribution in [0.4, 0.5) is 0 Å². The first-order valence-corrected chi connectivity index (χ1v) is 8.77. The van der Waals surface area contributed by atoms with Crippen molar-refractivity contribution >= 4 is 0 Å². The Morgan fingerprint density at radius 2 is 1.80 bits per heavy atom. The minimum atomic E-state index is 0.710. The zero-order valence-corrected chi connectivity index (χ0v) is 14.1. The molecule has 3 heteroatoms. The summed E-state index contributed by atoms with van der Waals surface area (Å²) in [6, 6.07) is 1.46. The van der Waals surface area contributed by atoms with E-state index in [4.69, 9.17) is 0 Å². The van der Waals surface area contributed by atoms with Crippen molar-refractivity contribution in [1.29, 1.82) is 0 Å². The molecule has 0 aromatic heterocycles. The van der Waals surface area contributed by atoms with Gasteiger partial charge in [-0.05, 0) is 52.0 Å². The molecule has 2 aliphatic rings. The van der Waals surface area contributed by atoms with Crippen LogP contribution in [0.25, 0.3) is 0 Å². The lowest BCUT2D eigenvalue weighted by Crippen LogP contribution is -2.52. The van der Waals surface area contributed by atoms with Gasteiger partial charge in [0.15, 0.2) is 0 Å². The van der Waals surface area contributed by atoms with Gasteiger partial charge in [-0.2, -0.15) is 0 Å². The Balaban J connectivity index is 1.82. The first-order valence-electron chi connectivity index (χ1n) is 8.77. The van der Waals surface area contributed by atoms with Gasteiger partial charge < -0.3 is 10.2 Å². The van der Waals surface area contributed by atoms with Gasteiger partial charge in [0.2, 0.25) is 0 Å². The van der Waals surface area contributed by atoms with Gasteiger partial charge in [-0.15, -0.1) is 0 Å². The van der Waals surface area contributed by atoms with E-state index in [-0.39, 0.29) is 0 Å². The molecule has 0 bridgehead atoms. The largest absolute Gasteiger partial charge is 0.317 e. The molecule has 1 saturated heterocycles. The number of nitrogens with zero attached hydrogens (tertiary/aromatic N) is 2. The van der Waals surface area contributed by atoms with E-state index in [0.717, 1.165) is 17.9 Å². The molecule has 0 spiro atoms. The normalized spacial score (nSPS) is 33.8. The lowest BCUT2D eigenvalue weighted by Gasteiger charge is -2.42. The standard InChI is InChI=1S/C17H35N3/c1-5-15-6-7-17(18-4)16(12-15)13-19-8-10-20(11-9-19)14(2)3/h14-18H,5-13H2,1-4H3. The first-order chi connectivity index (χ1) is 9.63. The molecule has 1 aliphatic heterocycles. The number of piperazine rings is 1. The van der Waals surface area contributed by atoms with Gasteiger partial charge in [-0.3, -0.25) is 4.90 Å². The number of rotatable bonds is 5. The second-order valence-corrected chi connectivity index (χ2v) is 7.17. The molecule has 0 amide bonds. The van der Waals surface area contributed by atoms with Gasteiger partial charge in [0, 0.05) is 44.8 Å². The van der Waals surface area contributed by atoms with Crippen molar-refractivity contribution in [1.82, 2.24) is 15.1 Å². The average Bonchev–Trinajstić information content (AvgIpc) is 2.47. The van der Waals surface area contributed by atoms with E-state index >= 15 is 0 Å². The van der Waals surface area contributed by atoms with Gasteiger partial charge >= 0.3 is 0 Å². The Bertz CT molecular complexity index is 271. The van der Waals surface area contributed by atoms with Crippen molar-refractivity contribution in [3.05, 3.63) is 0 Å². The smallest absolute Gasteiger partial charge is 0.0113 e. The summed E-state index contributed by atoms with van der Waals surface area (Å²) in [6.07, 6.45) is 5.62. The fraction of sp³-hybridized carbons (Fsp3) is 1.00.